The van der Waals surface area contributed by atoms with Crippen molar-refractivity contribution in [2.24, 2.45) is 5.73 Å². The van der Waals surface area contributed by atoms with Crippen molar-refractivity contribution in [1.29, 1.82) is 0 Å². The minimum Gasteiger partial charge on any atom is -0.382 e. The molecule has 0 bridgehead atoms. The quantitative estimate of drug-likeness (QED) is 0.663. The number of anilines is 1. The van der Waals surface area contributed by atoms with Crippen LogP contribution in [0.3, 0.4) is 0 Å². The molecular formula is C14H15N5O. The van der Waals surface area contributed by atoms with Crippen LogP contribution in [0.4, 0.5) is 5.82 Å². The van der Waals surface area contributed by atoms with Gasteiger partial charge in [-0.15, -0.1) is 5.10 Å². The zero-order chi connectivity index (χ0) is 14.1. The molecule has 3 rings (SSSR count). The maximum Gasteiger partial charge on any atom is 0.264 e. The van der Waals surface area contributed by atoms with Crippen LogP contribution in [-0.4, -0.2) is 26.7 Å². The maximum atomic E-state index is 12.1. The lowest BCUT2D eigenvalue weighted by atomic mass is 10.1. The number of hydrogen-bond donors (Lipinski definition) is 3. The third-order valence-electron chi connectivity index (χ3n) is 3.27. The minimum absolute atomic E-state index is 0.271. The van der Waals surface area contributed by atoms with Crippen LogP contribution in [0.25, 0.3) is 10.9 Å². The summed E-state index contributed by atoms with van der Waals surface area (Å²) in [7, 11) is 0. The average Bonchev–Trinajstić information content (AvgIpc) is 3.05. The normalized spacial score (nSPS) is 12.7. The summed E-state index contributed by atoms with van der Waals surface area (Å²) in [5, 5.41) is 4.96. The molecular weight excluding hydrogens is 254 g/mol. The Balaban J connectivity index is 1.82. The van der Waals surface area contributed by atoms with E-state index in [2.05, 4.69) is 10.1 Å². The van der Waals surface area contributed by atoms with E-state index in [1.165, 1.54) is 10.9 Å². The minimum atomic E-state index is -0.659. The first-order valence-electron chi connectivity index (χ1n) is 6.31. The fraction of sp³-hybridized carbons (Fsp3) is 0.143. The summed E-state index contributed by atoms with van der Waals surface area (Å²) in [6.45, 7) is 0. The molecule has 0 radical (unpaired) electrons. The molecule has 0 saturated heterocycles. The van der Waals surface area contributed by atoms with Gasteiger partial charge < -0.3 is 16.5 Å². The summed E-state index contributed by atoms with van der Waals surface area (Å²) in [6, 6.07) is 8.82. The van der Waals surface area contributed by atoms with E-state index in [0.29, 0.717) is 12.2 Å². The largest absolute Gasteiger partial charge is 0.382 e. The number of benzene rings is 1. The lowest BCUT2D eigenvalue weighted by Gasteiger charge is -2.09. The molecule has 6 heteroatoms. The second kappa shape index (κ2) is 4.82. The van der Waals surface area contributed by atoms with E-state index in [4.69, 9.17) is 11.5 Å². The van der Waals surface area contributed by atoms with Gasteiger partial charge in [0.05, 0.1) is 6.04 Å². The second-order valence-electron chi connectivity index (χ2n) is 4.69. The fourth-order valence-electron chi connectivity index (χ4n) is 2.26. The van der Waals surface area contributed by atoms with Gasteiger partial charge in [-0.3, -0.25) is 4.79 Å². The van der Waals surface area contributed by atoms with Gasteiger partial charge in [0.25, 0.3) is 5.91 Å². The van der Waals surface area contributed by atoms with Gasteiger partial charge in [0.1, 0.15) is 5.82 Å². The molecule has 5 N–H and O–H groups in total. The molecule has 0 aliphatic heterocycles. The number of fused-ring (bicyclic) bond motifs is 1. The van der Waals surface area contributed by atoms with E-state index in [9.17, 15) is 4.79 Å². The number of nitrogens with one attached hydrogen (secondary N) is 1. The van der Waals surface area contributed by atoms with E-state index < -0.39 is 6.04 Å². The third kappa shape index (κ3) is 2.17. The molecule has 3 aromatic rings. The Morgan fingerprint density at radius 3 is 2.90 bits per heavy atom. The molecule has 0 amide bonds. The number of aromatic nitrogens is 3. The summed E-state index contributed by atoms with van der Waals surface area (Å²) in [4.78, 5) is 15.3. The number of nitrogens with zero attached hydrogens (tertiary/aromatic N) is 2. The Morgan fingerprint density at radius 1 is 1.35 bits per heavy atom. The number of hydrogen-bond acceptors (Lipinski definition) is 4. The van der Waals surface area contributed by atoms with Crippen molar-refractivity contribution in [3.8, 4) is 0 Å². The van der Waals surface area contributed by atoms with Gasteiger partial charge in [0, 0.05) is 29.4 Å². The number of para-hydroxylation sites is 1. The molecule has 6 nitrogen and oxygen atoms in total. The number of nitrogen functional groups attached to an aromatic ring is 1. The van der Waals surface area contributed by atoms with Crippen molar-refractivity contribution in [2.75, 3.05) is 5.73 Å². The summed E-state index contributed by atoms with van der Waals surface area (Å²) in [6.07, 6.45) is 3.85. The highest BCUT2D eigenvalue weighted by Gasteiger charge is 2.18. The van der Waals surface area contributed by atoms with Crippen LogP contribution in [0.1, 0.15) is 10.4 Å². The Hall–Kier alpha value is -2.60. The summed E-state index contributed by atoms with van der Waals surface area (Å²) in [5.41, 5.74) is 13.5. The zero-order valence-corrected chi connectivity index (χ0v) is 10.8. The number of carbonyl (C=O) groups excluding carboxylic acids is 1. The van der Waals surface area contributed by atoms with Crippen LogP contribution in [0, 0.1) is 0 Å². The first-order valence-corrected chi connectivity index (χ1v) is 6.31. The highest BCUT2D eigenvalue weighted by atomic mass is 16.2. The Bertz CT molecular complexity index is 758. The Labute approximate surface area is 115 Å². The molecule has 0 aliphatic rings. The number of carbonyl (C=O) groups is 1. The maximum absolute atomic E-state index is 12.1. The lowest BCUT2D eigenvalue weighted by molar-refractivity contribution is 0.0863. The van der Waals surface area contributed by atoms with Gasteiger partial charge in [-0.05, 0) is 18.1 Å². The topological polar surface area (TPSA) is 103 Å². The van der Waals surface area contributed by atoms with Gasteiger partial charge in [0.2, 0.25) is 0 Å². The molecule has 0 spiro atoms. The second-order valence-corrected chi connectivity index (χ2v) is 4.69. The van der Waals surface area contributed by atoms with E-state index >= 15 is 0 Å². The number of nitrogens with two attached hydrogens (primary N) is 2. The molecule has 1 aromatic carbocycles. The summed E-state index contributed by atoms with van der Waals surface area (Å²) < 4.78 is 1.19. The summed E-state index contributed by atoms with van der Waals surface area (Å²) >= 11 is 0. The van der Waals surface area contributed by atoms with Crippen molar-refractivity contribution in [2.45, 2.75) is 12.5 Å². The molecule has 0 unspecified atom stereocenters. The number of rotatable bonds is 3. The monoisotopic (exact) mass is 269 g/mol. The highest BCUT2D eigenvalue weighted by molar-refractivity contribution is 5.87. The van der Waals surface area contributed by atoms with Gasteiger partial charge >= 0.3 is 0 Å². The van der Waals surface area contributed by atoms with Crippen molar-refractivity contribution in [1.82, 2.24) is 14.8 Å². The Morgan fingerprint density at radius 2 is 2.15 bits per heavy atom. The van der Waals surface area contributed by atoms with Gasteiger partial charge in [-0.1, -0.05) is 18.2 Å². The molecule has 0 aliphatic carbocycles. The van der Waals surface area contributed by atoms with E-state index in [0.717, 1.165) is 16.5 Å². The predicted molar refractivity (Wildman–Crippen MR) is 77.2 cm³/mol. The Kier molecular flexibility index (Phi) is 3.00. The van der Waals surface area contributed by atoms with Crippen molar-refractivity contribution in [3.05, 3.63) is 48.3 Å². The van der Waals surface area contributed by atoms with Crippen LogP contribution in [-0.2, 0) is 6.42 Å². The highest BCUT2D eigenvalue weighted by Crippen LogP contribution is 2.19. The molecule has 20 heavy (non-hydrogen) atoms. The van der Waals surface area contributed by atoms with Crippen molar-refractivity contribution < 1.29 is 4.79 Å². The van der Waals surface area contributed by atoms with Gasteiger partial charge in [-0.2, -0.15) is 0 Å². The van der Waals surface area contributed by atoms with Crippen molar-refractivity contribution >= 4 is 22.6 Å². The standard InChI is InChI=1S/C14H15N5O/c15-11(14(20)19-6-5-13(16)18-19)7-9-8-17-12-4-2-1-3-10(9)12/h1-6,8,11,17H,7,15H2,(H2,16,18)/t11-/m0/s1. The summed E-state index contributed by atoms with van der Waals surface area (Å²) in [5.74, 6) is 0.0321. The molecule has 0 saturated carbocycles. The fourth-order valence-corrected chi connectivity index (χ4v) is 2.26. The van der Waals surface area contributed by atoms with Gasteiger partial charge in [-0.25, -0.2) is 4.68 Å². The third-order valence-corrected chi connectivity index (χ3v) is 3.27. The number of aromatic amines is 1. The molecule has 102 valence electrons. The van der Waals surface area contributed by atoms with Crippen LogP contribution in [0.5, 0.6) is 0 Å². The van der Waals surface area contributed by atoms with Gasteiger partial charge in [0.15, 0.2) is 0 Å². The van der Waals surface area contributed by atoms with E-state index in [-0.39, 0.29) is 5.91 Å². The SMILES string of the molecule is Nc1ccn(C(=O)[C@@H](N)Cc2c[nH]c3ccccc23)n1. The number of H-pyrrole nitrogens is 1. The van der Waals surface area contributed by atoms with E-state index in [1.54, 1.807) is 6.07 Å². The first-order chi connectivity index (χ1) is 9.65. The molecule has 1 atom stereocenters. The van der Waals surface area contributed by atoms with Crippen LogP contribution in [0.2, 0.25) is 0 Å². The zero-order valence-electron chi connectivity index (χ0n) is 10.8. The molecule has 2 heterocycles. The van der Waals surface area contributed by atoms with Crippen molar-refractivity contribution in [3.63, 3.8) is 0 Å². The smallest absolute Gasteiger partial charge is 0.264 e. The first kappa shape index (κ1) is 12.4. The van der Waals surface area contributed by atoms with Crippen LogP contribution < -0.4 is 11.5 Å². The molecule has 0 fully saturated rings. The van der Waals surface area contributed by atoms with E-state index in [1.807, 2.05) is 30.5 Å². The van der Waals surface area contributed by atoms with Crippen LogP contribution >= 0.6 is 0 Å². The van der Waals surface area contributed by atoms with Crippen LogP contribution in [0.15, 0.2) is 42.7 Å². The predicted octanol–water partition coefficient (Wildman–Crippen LogP) is 1.16. The average molecular weight is 269 g/mol. The lowest BCUT2D eigenvalue weighted by Crippen LogP contribution is -2.36. The molecule has 2 aromatic heterocycles.